The second-order valence-corrected chi connectivity index (χ2v) is 5.27. The molecule has 0 bridgehead atoms. The van der Waals surface area contributed by atoms with Crippen molar-refractivity contribution < 1.29 is 9.21 Å². The van der Waals surface area contributed by atoms with Crippen LogP contribution in [-0.4, -0.2) is 17.4 Å². The Morgan fingerprint density at radius 1 is 1.47 bits per heavy atom. The SMILES string of the molecule is CCCCCNC(=O)c1coc(C(N)CC(C)C)n1. The van der Waals surface area contributed by atoms with Gasteiger partial charge in [0.2, 0.25) is 5.89 Å². The molecule has 3 N–H and O–H groups in total. The number of carbonyl (C=O) groups is 1. The molecule has 5 nitrogen and oxygen atoms in total. The van der Waals surface area contributed by atoms with Gasteiger partial charge in [0.1, 0.15) is 6.26 Å². The van der Waals surface area contributed by atoms with Gasteiger partial charge < -0.3 is 15.5 Å². The molecule has 1 aromatic heterocycles. The first-order valence-electron chi connectivity index (χ1n) is 7.03. The van der Waals surface area contributed by atoms with Crippen molar-refractivity contribution in [3.05, 3.63) is 17.8 Å². The van der Waals surface area contributed by atoms with Gasteiger partial charge in [0.25, 0.3) is 5.91 Å². The van der Waals surface area contributed by atoms with Crippen LogP contribution in [0.15, 0.2) is 10.7 Å². The maximum absolute atomic E-state index is 11.8. The smallest absolute Gasteiger partial charge is 0.273 e. The van der Waals surface area contributed by atoms with Crippen LogP contribution in [0.25, 0.3) is 0 Å². The minimum atomic E-state index is -0.248. The molecule has 0 aliphatic carbocycles. The van der Waals surface area contributed by atoms with Crippen LogP contribution < -0.4 is 11.1 Å². The second kappa shape index (κ2) is 7.94. The van der Waals surface area contributed by atoms with Crippen LogP contribution in [0, 0.1) is 5.92 Å². The molecule has 1 unspecified atom stereocenters. The zero-order valence-electron chi connectivity index (χ0n) is 12.1. The van der Waals surface area contributed by atoms with Gasteiger partial charge in [-0.15, -0.1) is 0 Å². The molecule has 0 fully saturated rings. The van der Waals surface area contributed by atoms with Crippen molar-refractivity contribution in [2.75, 3.05) is 6.54 Å². The largest absolute Gasteiger partial charge is 0.446 e. The fourth-order valence-electron chi connectivity index (χ4n) is 1.84. The molecule has 1 amide bonds. The molecule has 1 atom stereocenters. The molecule has 5 heteroatoms. The lowest BCUT2D eigenvalue weighted by molar-refractivity contribution is 0.0948. The molecule has 0 aliphatic heterocycles. The molecule has 108 valence electrons. The average molecular weight is 267 g/mol. The molecule has 0 saturated carbocycles. The Labute approximate surface area is 115 Å². The first-order chi connectivity index (χ1) is 9.04. The number of carbonyl (C=O) groups excluding carboxylic acids is 1. The molecule has 0 aliphatic rings. The zero-order chi connectivity index (χ0) is 14.3. The standard InChI is InChI=1S/C14H25N3O2/c1-4-5-6-7-16-13(18)12-9-19-14(17-12)11(15)8-10(2)3/h9-11H,4-8,15H2,1-3H3,(H,16,18). The van der Waals surface area contributed by atoms with Crippen molar-refractivity contribution in [3.8, 4) is 0 Å². The number of unbranched alkanes of at least 4 members (excludes halogenated alkanes) is 2. The third kappa shape index (κ3) is 5.42. The van der Waals surface area contributed by atoms with Crippen molar-refractivity contribution in [1.82, 2.24) is 10.3 Å². The minimum absolute atomic E-state index is 0.192. The summed E-state index contributed by atoms with van der Waals surface area (Å²) < 4.78 is 5.28. The van der Waals surface area contributed by atoms with E-state index in [-0.39, 0.29) is 11.9 Å². The molecule has 0 saturated heterocycles. The van der Waals surface area contributed by atoms with Crippen LogP contribution >= 0.6 is 0 Å². The van der Waals surface area contributed by atoms with E-state index in [0.29, 0.717) is 24.0 Å². The highest BCUT2D eigenvalue weighted by Gasteiger charge is 2.17. The molecule has 1 heterocycles. The van der Waals surface area contributed by atoms with E-state index in [4.69, 9.17) is 10.2 Å². The third-order valence-corrected chi connectivity index (χ3v) is 2.86. The van der Waals surface area contributed by atoms with Crippen LogP contribution in [0.1, 0.15) is 68.9 Å². The number of hydrogen-bond donors (Lipinski definition) is 2. The van der Waals surface area contributed by atoms with E-state index in [9.17, 15) is 4.79 Å². The van der Waals surface area contributed by atoms with Gasteiger partial charge in [0.15, 0.2) is 5.69 Å². The summed E-state index contributed by atoms with van der Waals surface area (Å²) in [6.07, 6.45) is 5.40. The third-order valence-electron chi connectivity index (χ3n) is 2.86. The van der Waals surface area contributed by atoms with Gasteiger partial charge in [0, 0.05) is 6.54 Å². The lowest BCUT2D eigenvalue weighted by Crippen LogP contribution is -2.25. The van der Waals surface area contributed by atoms with Gasteiger partial charge >= 0.3 is 0 Å². The highest BCUT2D eigenvalue weighted by Crippen LogP contribution is 2.18. The molecule has 19 heavy (non-hydrogen) atoms. The van der Waals surface area contributed by atoms with Crippen LogP contribution in [0.2, 0.25) is 0 Å². The maximum atomic E-state index is 11.8. The Hall–Kier alpha value is -1.36. The topological polar surface area (TPSA) is 81.2 Å². The summed E-state index contributed by atoms with van der Waals surface area (Å²) in [4.78, 5) is 15.9. The Morgan fingerprint density at radius 2 is 2.21 bits per heavy atom. The molecule has 0 aromatic carbocycles. The van der Waals surface area contributed by atoms with Crippen molar-refractivity contribution in [2.24, 2.45) is 11.7 Å². The Balaban J connectivity index is 2.47. The number of aromatic nitrogens is 1. The number of amides is 1. The fraction of sp³-hybridized carbons (Fsp3) is 0.714. The molecule has 0 radical (unpaired) electrons. The summed E-state index contributed by atoms with van der Waals surface area (Å²) in [6.45, 7) is 6.98. The summed E-state index contributed by atoms with van der Waals surface area (Å²) in [5, 5.41) is 2.82. The monoisotopic (exact) mass is 267 g/mol. The van der Waals surface area contributed by atoms with Crippen LogP contribution in [0.3, 0.4) is 0 Å². The molecular formula is C14H25N3O2. The van der Waals surface area contributed by atoms with Crippen molar-refractivity contribution in [2.45, 2.75) is 52.5 Å². The first-order valence-corrected chi connectivity index (χ1v) is 7.03. The number of rotatable bonds is 8. The summed E-state index contributed by atoms with van der Waals surface area (Å²) in [6, 6.07) is -0.248. The van der Waals surface area contributed by atoms with E-state index in [1.54, 1.807) is 0 Å². The molecule has 1 rings (SSSR count). The van der Waals surface area contributed by atoms with Crippen LogP contribution in [-0.2, 0) is 0 Å². The van der Waals surface area contributed by atoms with Crippen molar-refractivity contribution in [3.63, 3.8) is 0 Å². The predicted molar refractivity (Wildman–Crippen MR) is 74.7 cm³/mol. The minimum Gasteiger partial charge on any atom is -0.446 e. The van der Waals surface area contributed by atoms with E-state index < -0.39 is 0 Å². The number of oxazole rings is 1. The number of nitrogens with two attached hydrogens (primary N) is 1. The molecular weight excluding hydrogens is 242 g/mol. The number of nitrogens with zero attached hydrogens (tertiary/aromatic N) is 1. The van der Waals surface area contributed by atoms with Gasteiger partial charge in [0.05, 0.1) is 6.04 Å². The highest BCUT2D eigenvalue weighted by atomic mass is 16.3. The van der Waals surface area contributed by atoms with Gasteiger partial charge in [-0.1, -0.05) is 33.6 Å². The molecule has 0 spiro atoms. The maximum Gasteiger partial charge on any atom is 0.273 e. The summed E-state index contributed by atoms with van der Waals surface area (Å²) in [7, 11) is 0. The Morgan fingerprint density at radius 3 is 2.84 bits per heavy atom. The van der Waals surface area contributed by atoms with Gasteiger partial charge in [-0.2, -0.15) is 0 Å². The van der Waals surface area contributed by atoms with E-state index in [0.717, 1.165) is 25.7 Å². The van der Waals surface area contributed by atoms with E-state index in [1.165, 1.54) is 6.26 Å². The van der Waals surface area contributed by atoms with Gasteiger partial charge in [-0.3, -0.25) is 4.79 Å². The fourth-order valence-corrected chi connectivity index (χ4v) is 1.84. The predicted octanol–water partition coefficient (Wildman–Crippen LogP) is 2.64. The lowest BCUT2D eigenvalue weighted by Gasteiger charge is -2.09. The van der Waals surface area contributed by atoms with E-state index in [2.05, 4.69) is 31.1 Å². The lowest BCUT2D eigenvalue weighted by atomic mass is 10.0. The summed E-state index contributed by atoms with van der Waals surface area (Å²) in [5.41, 5.74) is 6.27. The summed E-state index contributed by atoms with van der Waals surface area (Å²) >= 11 is 0. The number of hydrogen-bond acceptors (Lipinski definition) is 4. The van der Waals surface area contributed by atoms with Gasteiger partial charge in [-0.05, 0) is 18.8 Å². The second-order valence-electron chi connectivity index (χ2n) is 5.27. The highest BCUT2D eigenvalue weighted by molar-refractivity contribution is 5.91. The number of nitrogens with one attached hydrogen (secondary N) is 1. The van der Waals surface area contributed by atoms with Gasteiger partial charge in [-0.25, -0.2) is 4.98 Å². The Kier molecular flexibility index (Phi) is 6.56. The van der Waals surface area contributed by atoms with Crippen LogP contribution in [0.5, 0.6) is 0 Å². The van der Waals surface area contributed by atoms with E-state index in [1.807, 2.05) is 0 Å². The summed E-state index contributed by atoms with van der Waals surface area (Å²) in [5.74, 6) is 0.712. The molecule has 1 aromatic rings. The van der Waals surface area contributed by atoms with E-state index >= 15 is 0 Å². The van der Waals surface area contributed by atoms with Crippen LogP contribution in [0.4, 0.5) is 0 Å². The first kappa shape index (κ1) is 15.7. The zero-order valence-corrected chi connectivity index (χ0v) is 12.1. The van der Waals surface area contributed by atoms with Crippen molar-refractivity contribution in [1.29, 1.82) is 0 Å². The Bertz CT molecular complexity index is 388. The average Bonchev–Trinajstić information content (AvgIpc) is 2.83. The quantitative estimate of drug-likeness (QED) is 0.709. The normalized spacial score (nSPS) is 12.7. The van der Waals surface area contributed by atoms with Crippen molar-refractivity contribution >= 4 is 5.91 Å².